The van der Waals surface area contributed by atoms with Crippen molar-refractivity contribution < 1.29 is 44.3 Å². The lowest BCUT2D eigenvalue weighted by atomic mass is 9.96. The third-order valence-electron chi connectivity index (χ3n) is 5.31. The van der Waals surface area contributed by atoms with Crippen molar-refractivity contribution in [1.29, 1.82) is 0 Å². The summed E-state index contributed by atoms with van der Waals surface area (Å²) in [5.41, 5.74) is 1.94. The molecule has 38 heavy (non-hydrogen) atoms. The highest BCUT2D eigenvalue weighted by Gasteiger charge is 2.14. The molecular weight excluding hydrogens is 492 g/mol. The maximum absolute atomic E-state index is 11.1. The van der Waals surface area contributed by atoms with Gasteiger partial charge in [-0.15, -0.1) is 0 Å². The number of carboxylic acids is 4. The Hall–Kier alpha value is -5.44. The van der Waals surface area contributed by atoms with Gasteiger partial charge in [0.15, 0.2) is 0 Å². The largest absolute Gasteiger partial charge is 0.478 e. The number of aromatic carboxylic acids is 4. The smallest absolute Gasteiger partial charge is 0.335 e. The Bertz CT molecular complexity index is 1350. The van der Waals surface area contributed by atoms with Crippen molar-refractivity contribution in [2.45, 2.75) is 6.42 Å². The molecular formula is C29H22O9. The minimum Gasteiger partial charge on any atom is -0.478 e. The van der Waals surface area contributed by atoms with E-state index in [1.807, 2.05) is 0 Å². The van der Waals surface area contributed by atoms with Crippen molar-refractivity contribution in [3.63, 3.8) is 0 Å². The van der Waals surface area contributed by atoms with E-state index in [9.17, 15) is 19.2 Å². The summed E-state index contributed by atoms with van der Waals surface area (Å²) in [5.74, 6) is -3.07. The van der Waals surface area contributed by atoms with E-state index in [1.165, 1.54) is 60.7 Å². The molecule has 9 heteroatoms. The van der Waals surface area contributed by atoms with Crippen molar-refractivity contribution in [3.05, 3.63) is 130 Å². The van der Waals surface area contributed by atoms with E-state index in [-0.39, 0.29) is 28.7 Å². The molecule has 0 spiro atoms. The first-order valence-electron chi connectivity index (χ1n) is 11.1. The van der Waals surface area contributed by atoms with E-state index in [0.717, 1.165) is 0 Å². The third kappa shape index (κ3) is 7.28. The van der Waals surface area contributed by atoms with Gasteiger partial charge in [-0.2, -0.15) is 0 Å². The monoisotopic (exact) mass is 514 g/mol. The molecule has 0 amide bonds. The zero-order chi connectivity index (χ0) is 27.7. The number of carboxylic acid groups (broad SMARTS) is 4. The van der Waals surface area contributed by atoms with Crippen molar-refractivity contribution in [2.75, 3.05) is 0 Å². The maximum Gasteiger partial charge on any atom is 0.335 e. The molecule has 0 radical (unpaired) electrons. The fourth-order valence-electron chi connectivity index (χ4n) is 3.44. The van der Waals surface area contributed by atoms with Gasteiger partial charge >= 0.3 is 23.9 Å². The number of hydrogen-bond donors (Lipinski definition) is 4. The summed E-state index contributed by atoms with van der Waals surface area (Å²) in [6, 6.07) is 25.1. The topological polar surface area (TPSA) is 158 Å². The van der Waals surface area contributed by atoms with Crippen LogP contribution in [0.3, 0.4) is 0 Å². The van der Waals surface area contributed by atoms with Gasteiger partial charge in [-0.1, -0.05) is 36.4 Å². The van der Waals surface area contributed by atoms with Gasteiger partial charge in [0.25, 0.3) is 0 Å². The van der Waals surface area contributed by atoms with Crippen molar-refractivity contribution >= 4 is 23.9 Å². The molecule has 0 bridgehead atoms. The first kappa shape index (κ1) is 27.2. The van der Waals surface area contributed by atoms with Crippen LogP contribution in [0.1, 0.15) is 52.6 Å². The molecule has 192 valence electrons. The highest BCUT2D eigenvalue weighted by atomic mass is 16.5. The van der Waals surface area contributed by atoms with Crippen molar-refractivity contribution in [2.24, 2.45) is 0 Å². The molecule has 0 unspecified atom stereocenters. The molecule has 4 N–H and O–H groups in total. The lowest BCUT2D eigenvalue weighted by molar-refractivity contribution is 0.0684. The number of benzene rings is 4. The Balaban J connectivity index is 0.000000211. The van der Waals surface area contributed by atoms with Crippen LogP contribution < -0.4 is 4.74 Å². The van der Waals surface area contributed by atoms with Crippen LogP contribution in [0.4, 0.5) is 0 Å². The molecule has 0 aliphatic heterocycles. The van der Waals surface area contributed by atoms with Crippen LogP contribution >= 0.6 is 0 Å². The lowest BCUT2D eigenvalue weighted by Crippen LogP contribution is -2.06. The molecule has 4 rings (SSSR count). The Morgan fingerprint density at radius 2 is 0.816 bits per heavy atom. The number of carbonyl (C=O) groups is 4. The van der Waals surface area contributed by atoms with Gasteiger partial charge in [0, 0.05) is 0 Å². The minimum absolute atomic E-state index is 0.175. The molecule has 0 saturated carbocycles. The molecule has 4 aromatic carbocycles. The van der Waals surface area contributed by atoms with Crippen LogP contribution in [0.25, 0.3) is 0 Å². The second-order valence-electron chi connectivity index (χ2n) is 7.86. The Morgan fingerprint density at radius 3 is 1.13 bits per heavy atom. The summed E-state index contributed by atoms with van der Waals surface area (Å²) in [7, 11) is 0. The van der Waals surface area contributed by atoms with E-state index in [1.54, 1.807) is 36.4 Å². The predicted octanol–water partition coefficient (Wildman–Crippen LogP) is 5.55. The van der Waals surface area contributed by atoms with Gasteiger partial charge in [-0.3, -0.25) is 0 Å². The fraction of sp³-hybridized carbons (Fsp3) is 0.0345. The molecule has 0 aliphatic rings. The quantitative estimate of drug-likeness (QED) is 0.236. The van der Waals surface area contributed by atoms with Gasteiger partial charge < -0.3 is 25.2 Å². The second-order valence-corrected chi connectivity index (χ2v) is 7.86. The van der Waals surface area contributed by atoms with E-state index >= 15 is 0 Å². The summed E-state index contributed by atoms with van der Waals surface area (Å²) in [6.45, 7) is 0. The van der Waals surface area contributed by atoms with Gasteiger partial charge in [0.2, 0.25) is 0 Å². The van der Waals surface area contributed by atoms with Crippen LogP contribution in [0, 0.1) is 0 Å². The molecule has 0 aliphatic carbocycles. The Kier molecular flexibility index (Phi) is 8.93. The van der Waals surface area contributed by atoms with Crippen molar-refractivity contribution in [3.8, 4) is 11.5 Å². The van der Waals surface area contributed by atoms with Crippen LogP contribution in [0.2, 0.25) is 0 Å². The van der Waals surface area contributed by atoms with E-state index in [0.29, 0.717) is 22.6 Å². The summed E-state index contributed by atoms with van der Waals surface area (Å²) < 4.78 is 5.46. The molecule has 0 aromatic heterocycles. The highest BCUT2D eigenvalue weighted by molar-refractivity contribution is 5.91. The maximum atomic E-state index is 11.1. The van der Waals surface area contributed by atoms with Crippen LogP contribution in [0.5, 0.6) is 11.5 Å². The normalized spacial score (nSPS) is 10.0. The lowest BCUT2D eigenvalue weighted by Gasteiger charge is -2.08. The van der Waals surface area contributed by atoms with Gasteiger partial charge in [-0.05, 0) is 78.2 Å². The SMILES string of the molecule is O=C(O)c1ccc(Oc2ccc(C(=O)O)cc2)cc1.O=C(O)c1ccccc1Cc1ccccc1C(=O)O. The van der Waals surface area contributed by atoms with Gasteiger partial charge in [-0.25, -0.2) is 19.2 Å². The minimum atomic E-state index is -1.01. The molecule has 0 fully saturated rings. The number of hydrogen-bond acceptors (Lipinski definition) is 5. The van der Waals surface area contributed by atoms with E-state index in [4.69, 9.17) is 25.2 Å². The molecule has 9 nitrogen and oxygen atoms in total. The average Bonchev–Trinajstić information content (AvgIpc) is 2.90. The fourth-order valence-corrected chi connectivity index (χ4v) is 3.44. The van der Waals surface area contributed by atoms with Crippen LogP contribution in [-0.4, -0.2) is 44.3 Å². The van der Waals surface area contributed by atoms with E-state index in [2.05, 4.69) is 0 Å². The summed E-state index contributed by atoms with van der Waals surface area (Å²) in [6.07, 6.45) is 0.283. The summed E-state index contributed by atoms with van der Waals surface area (Å²) in [4.78, 5) is 43.6. The predicted molar refractivity (Wildman–Crippen MR) is 136 cm³/mol. The number of rotatable bonds is 8. The van der Waals surface area contributed by atoms with Gasteiger partial charge in [0.1, 0.15) is 11.5 Å². The Morgan fingerprint density at radius 1 is 0.474 bits per heavy atom. The third-order valence-corrected chi connectivity index (χ3v) is 5.31. The first-order chi connectivity index (χ1) is 18.2. The van der Waals surface area contributed by atoms with Crippen LogP contribution in [-0.2, 0) is 6.42 Å². The van der Waals surface area contributed by atoms with Crippen LogP contribution in [0.15, 0.2) is 97.1 Å². The Labute approximate surface area is 216 Å². The molecule has 0 heterocycles. The zero-order valence-electron chi connectivity index (χ0n) is 19.8. The zero-order valence-corrected chi connectivity index (χ0v) is 19.8. The molecule has 0 atom stereocenters. The molecule has 0 saturated heterocycles. The molecule has 4 aromatic rings. The standard InChI is InChI=1S/C15H12O4.C14H10O5/c16-14(17)12-7-3-1-5-10(12)9-11-6-2-4-8-13(11)15(18)19;15-13(16)9-1-5-11(6-2-9)19-12-7-3-10(4-8-12)14(17)18/h1-8H,9H2,(H,16,17)(H,18,19);1-8H,(H,15,16)(H,17,18). The first-order valence-corrected chi connectivity index (χ1v) is 11.1. The average molecular weight is 514 g/mol. The van der Waals surface area contributed by atoms with Crippen molar-refractivity contribution in [1.82, 2.24) is 0 Å². The number of ether oxygens (including phenoxy) is 1. The summed E-state index contributed by atoms with van der Waals surface area (Å²) in [5, 5.41) is 35.7. The second kappa shape index (κ2) is 12.5. The van der Waals surface area contributed by atoms with E-state index < -0.39 is 23.9 Å². The summed E-state index contributed by atoms with van der Waals surface area (Å²) >= 11 is 0. The highest BCUT2D eigenvalue weighted by Crippen LogP contribution is 2.22. The van der Waals surface area contributed by atoms with Gasteiger partial charge in [0.05, 0.1) is 22.3 Å².